The van der Waals surface area contributed by atoms with Gasteiger partial charge < -0.3 is 4.90 Å². The van der Waals surface area contributed by atoms with Gasteiger partial charge in [0.25, 0.3) is 0 Å². The number of fused-ring (bicyclic) bond motifs is 1. The van der Waals surface area contributed by atoms with E-state index in [0.29, 0.717) is 6.42 Å². The summed E-state index contributed by atoms with van der Waals surface area (Å²) in [5.41, 5.74) is 4.10. The Bertz CT molecular complexity index is 1260. The maximum atomic E-state index is 13.5. The number of hydrogen-bond donors (Lipinski definition) is 0. The van der Waals surface area contributed by atoms with Crippen LogP contribution in [0.4, 0.5) is 0 Å². The van der Waals surface area contributed by atoms with E-state index in [1.165, 1.54) is 17.3 Å². The van der Waals surface area contributed by atoms with Crippen molar-refractivity contribution in [3.63, 3.8) is 0 Å². The van der Waals surface area contributed by atoms with E-state index in [2.05, 4.69) is 35.8 Å². The second-order valence-corrected chi connectivity index (χ2v) is 12.3. The second kappa shape index (κ2) is 9.14. The third-order valence-electron chi connectivity index (χ3n) is 6.75. The van der Waals surface area contributed by atoms with Gasteiger partial charge in [-0.2, -0.15) is 0 Å². The molecule has 33 heavy (non-hydrogen) atoms. The molecule has 1 aliphatic heterocycles. The Morgan fingerprint density at radius 1 is 1.06 bits per heavy atom. The van der Waals surface area contributed by atoms with Crippen molar-refractivity contribution in [3.8, 4) is 5.69 Å². The first kappa shape index (κ1) is 22.5. The van der Waals surface area contributed by atoms with Crippen molar-refractivity contribution >= 4 is 38.5 Å². The Morgan fingerprint density at radius 2 is 1.79 bits per heavy atom. The molecule has 5 rings (SSSR count). The average molecular weight is 484 g/mol. The highest BCUT2D eigenvalue weighted by molar-refractivity contribution is 7.99. The summed E-state index contributed by atoms with van der Waals surface area (Å²) in [4.78, 5) is 20.2. The van der Waals surface area contributed by atoms with Crippen molar-refractivity contribution in [2.75, 3.05) is 17.3 Å². The van der Waals surface area contributed by atoms with Crippen molar-refractivity contribution in [1.82, 2.24) is 14.5 Å². The molecule has 0 N–H and O–H groups in total. The normalized spacial score (nSPS) is 20.5. The maximum Gasteiger partial charge on any atom is 0.233 e. The zero-order chi connectivity index (χ0) is 23.0. The lowest BCUT2D eigenvalue weighted by molar-refractivity contribution is -0.132. The zero-order valence-corrected chi connectivity index (χ0v) is 20.4. The monoisotopic (exact) mass is 483 g/mol. The highest BCUT2D eigenvalue weighted by Crippen LogP contribution is 2.32. The Labute approximate surface area is 199 Å². The molecular formula is C25H29N3O3S2. The van der Waals surface area contributed by atoms with Crippen molar-refractivity contribution in [2.45, 2.75) is 56.3 Å². The summed E-state index contributed by atoms with van der Waals surface area (Å²) in [6, 6.07) is 16.3. The number of benzene rings is 2. The van der Waals surface area contributed by atoms with Gasteiger partial charge in [-0.25, -0.2) is 13.4 Å². The largest absolute Gasteiger partial charge is 0.335 e. The van der Waals surface area contributed by atoms with Gasteiger partial charge in [-0.05, 0) is 50.5 Å². The number of sulfone groups is 1. The summed E-state index contributed by atoms with van der Waals surface area (Å²) in [6.45, 7) is 2.06. The number of para-hydroxylation sites is 2. The minimum absolute atomic E-state index is 0.0245. The first-order valence-corrected chi connectivity index (χ1v) is 14.4. The summed E-state index contributed by atoms with van der Waals surface area (Å²) >= 11 is 1.44. The van der Waals surface area contributed by atoms with Crippen LogP contribution in [0.3, 0.4) is 0 Å². The minimum Gasteiger partial charge on any atom is -0.335 e. The summed E-state index contributed by atoms with van der Waals surface area (Å²) in [5.74, 6) is 0.561. The van der Waals surface area contributed by atoms with Gasteiger partial charge in [0.1, 0.15) is 0 Å². The molecular weight excluding hydrogens is 454 g/mol. The number of amides is 1. The fourth-order valence-corrected chi connectivity index (χ4v) is 7.74. The lowest BCUT2D eigenvalue weighted by Crippen LogP contribution is -2.47. The number of aromatic nitrogens is 2. The molecule has 174 valence electrons. The van der Waals surface area contributed by atoms with Crippen molar-refractivity contribution in [2.24, 2.45) is 0 Å². The predicted molar refractivity (Wildman–Crippen MR) is 133 cm³/mol. The molecule has 0 bridgehead atoms. The van der Waals surface area contributed by atoms with Gasteiger partial charge >= 0.3 is 0 Å². The van der Waals surface area contributed by atoms with Crippen molar-refractivity contribution in [1.29, 1.82) is 0 Å². The van der Waals surface area contributed by atoms with Crippen LogP contribution in [0.1, 0.15) is 37.7 Å². The Hall–Kier alpha value is -2.32. The second-order valence-electron chi connectivity index (χ2n) is 9.14. The molecule has 3 aromatic rings. The van der Waals surface area contributed by atoms with E-state index < -0.39 is 9.84 Å². The molecule has 0 spiro atoms. The van der Waals surface area contributed by atoms with Gasteiger partial charge in [-0.15, -0.1) is 0 Å². The quantitative estimate of drug-likeness (QED) is 0.487. The average Bonchev–Trinajstić information content (AvgIpc) is 3.52. The van der Waals surface area contributed by atoms with Crippen LogP contribution < -0.4 is 0 Å². The molecule has 1 aliphatic carbocycles. The summed E-state index contributed by atoms with van der Waals surface area (Å²) in [5, 5.41) is 0.777. The molecule has 1 unspecified atom stereocenters. The number of nitrogens with zero attached hydrogens (tertiary/aromatic N) is 3. The lowest BCUT2D eigenvalue weighted by Gasteiger charge is -2.34. The molecule has 2 heterocycles. The molecule has 2 aromatic carbocycles. The Balaban J connectivity index is 1.42. The minimum atomic E-state index is -3.05. The van der Waals surface area contributed by atoms with Crippen LogP contribution in [0.15, 0.2) is 53.7 Å². The van der Waals surface area contributed by atoms with Crippen LogP contribution in [0.2, 0.25) is 0 Å². The molecule has 8 heteroatoms. The van der Waals surface area contributed by atoms with Gasteiger partial charge in [-0.1, -0.05) is 54.4 Å². The van der Waals surface area contributed by atoms with Gasteiger partial charge in [0.15, 0.2) is 15.0 Å². The fraction of sp³-hybridized carbons (Fsp3) is 0.440. The van der Waals surface area contributed by atoms with Crippen LogP contribution >= 0.6 is 11.8 Å². The van der Waals surface area contributed by atoms with Crippen molar-refractivity contribution in [3.05, 3.63) is 54.1 Å². The number of carbonyl (C=O) groups is 1. The first-order valence-electron chi connectivity index (χ1n) is 11.6. The standard InChI is InChI=1S/C25H29N3O3S2/c1-18-10-12-20(13-11-18)28-23-9-5-4-8-22(23)26-25(28)32-16-24(29)27(19-6-2-3-7-19)21-14-15-33(30,31)17-21/h4-5,8-13,19,21H,2-3,6-7,14-17H2,1H3. The topological polar surface area (TPSA) is 72.3 Å². The molecule has 2 fully saturated rings. The predicted octanol–water partition coefficient (Wildman–Crippen LogP) is 4.38. The number of imidazole rings is 1. The maximum absolute atomic E-state index is 13.5. The van der Waals surface area contributed by atoms with E-state index >= 15 is 0 Å². The molecule has 1 aromatic heterocycles. The molecule has 1 atom stereocenters. The van der Waals surface area contributed by atoms with E-state index in [0.717, 1.165) is 47.6 Å². The number of carbonyl (C=O) groups excluding carboxylic acids is 1. The van der Waals surface area contributed by atoms with E-state index in [1.807, 2.05) is 29.2 Å². The van der Waals surface area contributed by atoms with Crippen LogP contribution in [-0.4, -0.2) is 58.1 Å². The Morgan fingerprint density at radius 3 is 2.48 bits per heavy atom. The zero-order valence-electron chi connectivity index (χ0n) is 18.8. The molecule has 1 amide bonds. The highest BCUT2D eigenvalue weighted by Gasteiger charge is 2.39. The lowest BCUT2D eigenvalue weighted by atomic mass is 10.1. The SMILES string of the molecule is Cc1ccc(-n2c(SCC(=O)N(C3CCCC3)C3CCS(=O)(=O)C3)nc3ccccc32)cc1. The molecule has 1 saturated carbocycles. The van der Waals surface area contributed by atoms with Gasteiger partial charge in [0.2, 0.25) is 5.91 Å². The highest BCUT2D eigenvalue weighted by atomic mass is 32.2. The number of thioether (sulfide) groups is 1. The third kappa shape index (κ3) is 4.68. The van der Waals surface area contributed by atoms with Crippen LogP contribution in [0, 0.1) is 6.92 Å². The fourth-order valence-electron chi connectivity index (χ4n) is 5.13. The smallest absolute Gasteiger partial charge is 0.233 e. The summed E-state index contributed by atoms with van der Waals surface area (Å²) < 4.78 is 26.4. The van der Waals surface area contributed by atoms with E-state index in [4.69, 9.17) is 4.98 Å². The summed E-state index contributed by atoms with van der Waals surface area (Å²) in [6.07, 6.45) is 4.69. The first-order chi connectivity index (χ1) is 15.9. The number of rotatable bonds is 6. The van der Waals surface area contributed by atoms with Crippen molar-refractivity contribution < 1.29 is 13.2 Å². The van der Waals surface area contributed by atoms with Crippen LogP contribution in [-0.2, 0) is 14.6 Å². The Kier molecular flexibility index (Phi) is 6.22. The number of hydrogen-bond acceptors (Lipinski definition) is 5. The molecule has 1 saturated heterocycles. The van der Waals surface area contributed by atoms with E-state index in [-0.39, 0.29) is 35.2 Å². The molecule has 0 radical (unpaired) electrons. The van der Waals surface area contributed by atoms with E-state index in [9.17, 15) is 13.2 Å². The molecule has 6 nitrogen and oxygen atoms in total. The third-order valence-corrected chi connectivity index (χ3v) is 9.43. The molecule has 2 aliphatic rings. The van der Waals surface area contributed by atoms with Crippen LogP contribution in [0.25, 0.3) is 16.7 Å². The van der Waals surface area contributed by atoms with Gasteiger partial charge in [0.05, 0.1) is 28.3 Å². The number of aryl methyl sites for hydroxylation is 1. The van der Waals surface area contributed by atoms with E-state index in [1.54, 1.807) is 0 Å². The van der Waals surface area contributed by atoms with Crippen LogP contribution in [0.5, 0.6) is 0 Å². The summed E-state index contributed by atoms with van der Waals surface area (Å²) in [7, 11) is -3.05. The van der Waals surface area contributed by atoms with Gasteiger partial charge in [-0.3, -0.25) is 9.36 Å². The van der Waals surface area contributed by atoms with Gasteiger partial charge in [0, 0.05) is 17.8 Å².